The molecule has 0 aliphatic heterocycles. The van der Waals surface area contributed by atoms with Crippen LogP contribution in [0.3, 0.4) is 0 Å². The standard InChI is InChI=1S/C17H26O2Si2/c1-20(2,3)13-11-15-7-9-16(10-8-15)17(18)19-12-14-21(4,5)6/h7-10H,12,14H2,1-6H3. The normalized spacial score (nSPS) is 11.5. The molecule has 0 amide bonds. The fourth-order valence-corrected chi connectivity index (χ4v) is 2.72. The van der Waals surface area contributed by atoms with Crippen molar-refractivity contribution >= 4 is 22.1 Å². The van der Waals surface area contributed by atoms with E-state index in [1.165, 1.54) is 0 Å². The lowest BCUT2D eigenvalue weighted by Crippen LogP contribution is -2.22. The van der Waals surface area contributed by atoms with Gasteiger partial charge in [0.2, 0.25) is 0 Å². The number of benzene rings is 1. The summed E-state index contributed by atoms with van der Waals surface area (Å²) in [6.07, 6.45) is 0. The monoisotopic (exact) mass is 318 g/mol. The molecule has 0 atom stereocenters. The minimum Gasteiger partial charge on any atom is -0.462 e. The van der Waals surface area contributed by atoms with E-state index in [0.717, 1.165) is 11.6 Å². The molecule has 1 rings (SSSR count). The van der Waals surface area contributed by atoms with E-state index in [1.54, 1.807) is 12.1 Å². The van der Waals surface area contributed by atoms with Crippen LogP contribution in [0.4, 0.5) is 0 Å². The van der Waals surface area contributed by atoms with Crippen LogP contribution < -0.4 is 0 Å². The molecular formula is C17H26O2Si2. The van der Waals surface area contributed by atoms with Crippen molar-refractivity contribution in [2.75, 3.05) is 6.61 Å². The van der Waals surface area contributed by atoms with Crippen molar-refractivity contribution in [3.8, 4) is 11.5 Å². The van der Waals surface area contributed by atoms with E-state index < -0.39 is 16.1 Å². The van der Waals surface area contributed by atoms with Crippen molar-refractivity contribution in [3.63, 3.8) is 0 Å². The molecule has 0 saturated heterocycles. The summed E-state index contributed by atoms with van der Waals surface area (Å²) in [5.74, 6) is 2.94. The van der Waals surface area contributed by atoms with Crippen molar-refractivity contribution in [1.29, 1.82) is 0 Å². The number of ether oxygens (including phenoxy) is 1. The van der Waals surface area contributed by atoms with E-state index in [2.05, 4.69) is 50.7 Å². The zero-order valence-electron chi connectivity index (χ0n) is 14.0. The van der Waals surface area contributed by atoms with Crippen LogP contribution in [-0.4, -0.2) is 28.7 Å². The molecular weight excluding hydrogens is 292 g/mol. The van der Waals surface area contributed by atoms with E-state index >= 15 is 0 Å². The van der Waals surface area contributed by atoms with Gasteiger partial charge in [0.05, 0.1) is 12.2 Å². The Bertz CT molecular complexity index is 537. The quantitative estimate of drug-likeness (QED) is 0.467. The first kappa shape index (κ1) is 17.7. The summed E-state index contributed by atoms with van der Waals surface area (Å²) in [6.45, 7) is 14.0. The summed E-state index contributed by atoms with van der Waals surface area (Å²) in [6, 6.07) is 8.37. The Labute approximate surface area is 130 Å². The highest BCUT2D eigenvalue weighted by molar-refractivity contribution is 6.83. The second-order valence-corrected chi connectivity index (χ2v) is 17.9. The highest BCUT2D eigenvalue weighted by Gasteiger charge is 2.14. The predicted molar refractivity (Wildman–Crippen MR) is 95.1 cm³/mol. The smallest absolute Gasteiger partial charge is 0.338 e. The molecule has 0 unspecified atom stereocenters. The summed E-state index contributed by atoms with van der Waals surface area (Å²) in [7, 11) is -2.51. The number of rotatable bonds is 4. The minimum atomic E-state index is -1.36. The lowest BCUT2D eigenvalue weighted by molar-refractivity contribution is 0.0525. The number of carbonyl (C=O) groups is 1. The number of hydrogen-bond donors (Lipinski definition) is 0. The number of carbonyl (C=O) groups excluding carboxylic acids is 1. The zero-order valence-corrected chi connectivity index (χ0v) is 16.0. The van der Waals surface area contributed by atoms with Gasteiger partial charge >= 0.3 is 5.97 Å². The van der Waals surface area contributed by atoms with Crippen LogP contribution in [0, 0.1) is 11.5 Å². The van der Waals surface area contributed by atoms with E-state index in [9.17, 15) is 4.79 Å². The van der Waals surface area contributed by atoms with Gasteiger partial charge in [-0.25, -0.2) is 4.79 Å². The molecule has 2 nitrogen and oxygen atoms in total. The highest BCUT2D eigenvalue weighted by Crippen LogP contribution is 2.10. The average Bonchev–Trinajstić information content (AvgIpc) is 2.34. The van der Waals surface area contributed by atoms with Crippen LogP contribution in [0.5, 0.6) is 0 Å². The van der Waals surface area contributed by atoms with Gasteiger partial charge in [-0.1, -0.05) is 45.2 Å². The zero-order chi connectivity index (χ0) is 16.1. The summed E-state index contributed by atoms with van der Waals surface area (Å²) < 4.78 is 5.32. The van der Waals surface area contributed by atoms with Crippen LogP contribution in [0.25, 0.3) is 0 Å². The van der Waals surface area contributed by atoms with Gasteiger partial charge in [-0.3, -0.25) is 0 Å². The molecule has 0 radical (unpaired) electrons. The van der Waals surface area contributed by atoms with Gasteiger partial charge in [0.25, 0.3) is 0 Å². The Morgan fingerprint density at radius 1 is 1.05 bits per heavy atom. The number of esters is 1. The Morgan fingerprint density at radius 3 is 2.10 bits per heavy atom. The molecule has 114 valence electrons. The molecule has 0 bridgehead atoms. The van der Waals surface area contributed by atoms with Gasteiger partial charge < -0.3 is 4.74 Å². The van der Waals surface area contributed by atoms with Gasteiger partial charge in [-0.05, 0) is 30.3 Å². The highest BCUT2D eigenvalue weighted by atomic mass is 28.3. The van der Waals surface area contributed by atoms with Crippen molar-refractivity contribution in [1.82, 2.24) is 0 Å². The maximum atomic E-state index is 11.9. The fourth-order valence-electron chi connectivity index (χ4n) is 1.48. The molecule has 4 heteroatoms. The van der Waals surface area contributed by atoms with Crippen molar-refractivity contribution < 1.29 is 9.53 Å². The van der Waals surface area contributed by atoms with E-state index in [-0.39, 0.29) is 5.97 Å². The summed E-state index contributed by atoms with van der Waals surface area (Å²) in [5, 5.41) is 0. The Morgan fingerprint density at radius 2 is 1.62 bits per heavy atom. The lowest BCUT2D eigenvalue weighted by Gasteiger charge is -2.15. The molecule has 0 saturated carbocycles. The SMILES string of the molecule is C[Si](C)(C)C#Cc1ccc(C(=O)OCC[Si](C)(C)C)cc1. The largest absolute Gasteiger partial charge is 0.462 e. The van der Waals surface area contributed by atoms with Crippen molar-refractivity contribution in [2.24, 2.45) is 0 Å². The third-order valence-electron chi connectivity index (χ3n) is 2.79. The molecule has 0 heterocycles. The molecule has 1 aromatic rings. The van der Waals surface area contributed by atoms with E-state index in [0.29, 0.717) is 12.2 Å². The average molecular weight is 319 g/mol. The van der Waals surface area contributed by atoms with Gasteiger partial charge in [-0.2, -0.15) is 0 Å². The second-order valence-electron chi connectivity index (χ2n) is 7.52. The van der Waals surface area contributed by atoms with E-state index in [1.807, 2.05) is 12.1 Å². The maximum absolute atomic E-state index is 11.9. The first-order valence-electron chi connectivity index (χ1n) is 7.37. The maximum Gasteiger partial charge on any atom is 0.338 e. The molecule has 0 N–H and O–H groups in total. The topological polar surface area (TPSA) is 26.3 Å². The third kappa shape index (κ3) is 7.88. The first-order chi connectivity index (χ1) is 9.57. The minimum absolute atomic E-state index is 0.238. The van der Waals surface area contributed by atoms with Gasteiger partial charge in [0.1, 0.15) is 8.07 Å². The van der Waals surface area contributed by atoms with Crippen LogP contribution in [-0.2, 0) is 4.74 Å². The fraction of sp³-hybridized carbons (Fsp3) is 0.471. The molecule has 0 aromatic heterocycles. The first-order valence-corrected chi connectivity index (χ1v) is 14.6. The van der Waals surface area contributed by atoms with Crippen LogP contribution in [0.2, 0.25) is 45.3 Å². The molecule has 1 aromatic carbocycles. The van der Waals surface area contributed by atoms with Gasteiger partial charge in [-0.15, -0.1) is 5.54 Å². The van der Waals surface area contributed by atoms with Crippen LogP contribution in [0.15, 0.2) is 24.3 Å². The predicted octanol–water partition coefficient (Wildman–Crippen LogP) is 4.41. The Balaban J connectivity index is 2.61. The van der Waals surface area contributed by atoms with Crippen LogP contribution in [0.1, 0.15) is 15.9 Å². The van der Waals surface area contributed by atoms with Gasteiger partial charge in [0, 0.05) is 13.6 Å². The molecule has 0 fully saturated rings. The Hall–Kier alpha value is -1.32. The van der Waals surface area contributed by atoms with Gasteiger partial charge in [0.15, 0.2) is 0 Å². The second kappa shape index (κ2) is 7.10. The molecule has 21 heavy (non-hydrogen) atoms. The molecule has 0 aliphatic carbocycles. The van der Waals surface area contributed by atoms with Crippen molar-refractivity contribution in [2.45, 2.75) is 45.3 Å². The van der Waals surface area contributed by atoms with Crippen LogP contribution >= 0.6 is 0 Å². The molecule has 0 aliphatic rings. The Kier molecular flexibility index (Phi) is 6.00. The van der Waals surface area contributed by atoms with Crippen molar-refractivity contribution in [3.05, 3.63) is 35.4 Å². The summed E-state index contributed by atoms with van der Waals surface area (Å²) in [4.78, 5) is 11.9. The molecule has 0 spiro atoms. The van der Waals surface area contributed by atoms with E-state index in [4.69, 9.17) is 4.74 Å². The summed E-state index contributed by atoms with van der Waals surface area (Å²) in [5.41, 5.74) is 4.87. The third-order valence-corrected chi connectivity index (χ3v) is 5.37. The summed E-state index contributed by atoms with van der Waals surface area (Å²) >= 11 is 0. The lowest BCUT2D eigenvalue weighted by atomic mass is 10.1. The number of hydrogen-bond acceptors (Lipinski definition) is 2.